The maximum absolute atomic E-state index is 12.6. The third kappa shape index (κ3) is 6.32. The van der Waals surface area contributed by atoms with Crippen LogP contribution >= 0.6 is 0 Å². The number of ether oxygens (including phenoxy) is 5. The highest BCUT2D eigenvalue weighted by Gasteiger charge is 2.52. The van der Waals surface area contributed by atoms with Crippen LogP contribution in [0.5, 0.6) is 23.0 Å². The van der Waals surface area contributed by atoms with Crippen molar-refractivity contribution < 1.29 is 78.9 Å². The van der Waals surface area contributed by atoms with Crippen LogP contribution in [-0.2, 0) is 23.7 Å². The molecule has 0 unspecified atom stereocenters. The Labute approximate surface area is 258 Å². The fraction of sp³-hybridized carbons (Fsp3) is 0.448. The lowest BCUT2D eigenvalue weighted by molar-refractivity contribution is -0.358. The van der Waals surface area contributed by atoms with Crippen molar-refractivity contribution in [3.63, 3.8) is 0 Å². The van der Waals surface area contributed by atoms with Crippen LogP contribution in [0.15, 0.2) is 45.6 Å². The minimum absolute atomic E-state index is 0.0523. The molecule has 46 heavy (non-hydrogen) atoms. The molecule has 10 atom stereocenters. The van der Waals surface area contributed by atoms with Gasteiger partial charge in [-0.2, -0.15) is 0 Å². The van der Waals surface area contributed by atoms with Crippen LogP contribution in [-0.4, -0.2) is 127 Å². The summed E-state index contributed by atoms with van der Waals surface area (Å²) in [6.07, 6.45) is -16.3. The Kier molecular flexibility index (Phi) is 9.68. The number of carbonyl (C=O) groups is 1. The number of hydrogen-bond acceptors (Lipinski definition) is 17. The predicted molar refractivity (Wildman–Crippen MR) is 149 cm³/mol. The van der Waals surface area contributed by atoms with Gasteiger partial charge in [0.05, 0.1) is 13.2 Å². The van der Waals surface area contributed by atoms with E-state index in [-0.39, 0.29) is 22.5 Å². The summed E-state index contributed by atoms with van der Waals surface area (Å²) >= 11 is 0. The van der Waals surface area contributed by atoms with Crippen molar-refractivity contribution in [1.82, 2.24) is 0 Å². The van der Waals surface area contributed by atoms with Gasteiger partial charge < -0.3 is 74.1 Å². The van der Waals surface area contributed by atoms with Crippen LogP contribution in [0.3, 0.4) is 0 Å². The molecular weight excluding hydrogens is 620 g/mol. The summed E-state index contributed by atoms with van der Waals surface area (Å²) < 4.78 is 33.5. The highest BCUT2D eigenvalue weighted by molar-refractivity contribution is 5.91. The monoisotopic (exact) mass is 652 g/mol. The van der Waals surface area contributed by atoms with Gasteiger partial charge in [0.25, 0.3) is 0 Å². The molecule has 2 aliphatic heterocycles. The maximum Gasteiger partial charge on any atom is 0.303 e. The van der Waals surface area contributed by atoms with E-state index in [1.807, 2.05) is 0 Å². The number of rotatable bonds is 8. The molecule has 0 spiro atoms. The summed E-state index contributed by atoms with van der Waals surface area (Å²) in [5.74, 6) is -2.92. The number of aromatic hydroxyl groups is 3. The van der Waals surface area contributed by atoms with E-state index >= 15 is 0 Å². The molecule has 0 saturated carbocycles. The minimum atomic E-state index is -1.80. The molecule has 17 heteroatoms. The Morgan fingerprint density at radius 3 is 1.98 bits per heavy atom. The first-order valence-electron chi connectivity index (χ1n) is 13.9. The van der Waals surface area contributed by atoms with Crippen molar-refractivity contribution in [3.8, 4) is 34.3 Å². The normalized spacial score (nSPS) is 31.5. The molecule has 0 radical (unpaired) electrons. The largest absolute Gasteiger partial charge is 0.507 e. The van der Waals surface area contributed by atoms with Gasteiger partial charge in [0.15, 0.2) is 35.3 Å². The van der Waals surface area contributed by atoms with Crippen molar-refractivity contribution in [2.24, 2.45) is 0 Å². The van der Waals surface area contributed by atoms with Crippen molar-refractivity contribution in [3.05, 3.63) is 46.6 Å². The van der Waals surface area contributed by atoms with Crippen LogP contribution in [0.25, 0.3) is 22.3 Å². The lowest BCUT2D eigenvalue weighted by Gasteiger charge is -2.46. The van der Waals surface area contributed by atoms with E-state index in [0.29, 0.717) is 0 Å². The first-order chi connectivity index (χ1) is 21.8. The fourth-order valence-electron chi connectivity index (χ4n) is 5.20. The van der Waals surface area contributed by atoms with Gasteiger partial charge in [0, 0.05) is 24.6 Å². The maximum atomic E-state index is 12.6. The second-order valence-electron chi connectivity index (χ2n) is 10.7. The van der Waals surface area contributed by atoms with Gasteiger partial charge >= 0.3 is 5.97 Å². The van der Waals surface area contributed by atoms with Gasteiger partial charge in [-0.05, 0) is 24.3 Å². The molecular formula is C29H32O17. The minimum Gasteiger partial charge on any atom is -0.507 e. The van der Waals surface area contributed by atoms with Crippen molar-refractivity contribution in [1.29, 1.82) is 0 Å². The average molecular weight is 653 g/mol. The molecule has 2 aliphatic rings. The molecule has 17 nitrogen and oxygen atoms in total. The van der Waals surface area contributed by atoms with E-state index in [1.54, 1.807) is 0 Å². The lowest BCUT2D eigenvalue weighted by atomic mass is 9.97. The van der Waals surface area contributed by atoms with Gasteiger partial charge in [-0.25, -0.2) is 0 Å². The van der Waals surface area contributed by atoms with Crippen molar-refractivity contribution in [2.75, 3.05) is 13.2 Å². The Hall–Kier alpha value is -4.04. The zero-order valence-corrected chi connectivity index (χ0v) is 23.9. The number of hydrogen-bond donors (Lipinski definition) is 9. The summed E-state index contributed by atoms with van der Waals surface area (Å²) in [5, 5.41) is 91.3. The lowest BCUT2D eigenvalue weighted by Crippen LogP contribution is -2.65. The standard InChI is InChI=1S/C29H32O17/c1-10(32)41-26-23(39)21(37)18(9-31)45-29(26)46-27-24(40)22(38)17(8-30)44-28(27)42-12-4-2-11(3-5-12)16-7-14(34)19-13(33)6-15(35)20(36)25(19)43-16/h2-7,17-18,21-24,26-31,33,35-40H,8-9H2,1H3/t17-,18-,21-,22-,23+,24+,26+,27-,28-,29-/m1/s1. The molecule has 0 aliphatic carbocycles. The summed E-state index contributed by atoms with van der Waals surface area (Å²) in [6, 6.07) is 7.47. The molecule has 2 saturated heterocycles. The van der Waals surface area contributed by atoms with Gasteiger partial charge in [0.1, 0.15) is 59.3 Å². The Balaban J connectivity index is 1.42. The molecule has 0 amide bonds. The summed E-state index contributed by atoms with van der Waals surface area (Å²) in [6.45, 7) is -0.483. The Morgan fingerprint density at radius 1 is 0.804 bits per heavy atom. The van der Waals surface area contributed by atoms with Crippen LogP contribution < -0.4 is 10.2 Å². The Bertz CT molecular complexity index is 1610. The third-order valence-corrected chi connectivity index (χ3v) is 7.57. The second-order valence-corrected chi connectivity index (χ2v) is 10.7. The number of phenolic OH excluding ortho intramolecular Hbond substituents is 3. The van der Waals surface area contributed by atoms with Crippen molar-refractivity contribution in [2.45, 2.75) is 68.3 Å². The van der Waals surface area contributed by atoms with Crippen LogP contribution in [0.2, 0.25) is 0 Å². The SMILES string of the molecule is CC(=O)O[C@@H]1[C@@H](O[C@H]2[C@H](Oc3ccc(-c4cc(=O)c5c(O)cc(O)c(O)c5o4)cc3)O[C@H](CO)[C@@H](O)[C@@H]2O)O[C@H](CO)[C@@H](O)[C@@H]1O. The second kappa shape index (κ2) is 13.4. The number of phenols is 3. The van der Waals surface area contributed by atoms with Crippen LogP contribution in [0, 0.1) is 0 Å². The van der Waals surface area contributed by atoms with Gasteiger partial charge in [0.2, 0.25) is 12.0 Å². The number of carbonyl (C=O) groups excluding carboxylic acids is 1. The van der Waals surface area contributed by atoms with Crippen molar-refractivity contribution >= 4 is 16.9 Å². The van der Waals surface area contributed by atoms with Gasteiger partial charge in [-0.1, -0.05) is 0 Å². The first kappa shape index (κ1) is 33.3. The molecule has 1 aromatic heterocycles. The topological polar surface area (TPSA) is 275 Å². The van der Waals surface area contributed by atoms with E-state index in [4.69, 9.17) is 28.1 Å². The summed E-state index contributed by atoms with van der Waals surface area (Å²) in [5.41, 5.74) is -0.866. The number of aliphatic hydroxyl groups is 6. The first-order valence-corrected chi connectivity index (χ1v) is 13.9. The van der Waals surface area contributed by atoms with Gasteiger partial charge in [-0.3, -0.25) is 9.59 Å². The zero-order chi connectivity index (χ0) is 33.4. The molecule has 2 fully saturated rings. The fourth-order valence-corrected chi connectivity index (χ4v) is 5.20. The number of esters is 1. The molecule has 0 bridgehead atoms. The molecule has 3 heterocycles. The molecule has 9 N–H and O–H groups in total. The molecule has 2 aromatic carbocycles. The zero-order valence-electron chi connectivity index (χ0n) is 23.9. The number of aliphatic hydroxyl groups excluding tert-OH is 6. The highest BCUT2D eigenvalue weighted by Crippen LogP contribution is 2.40. The van der Waals surface area contributed by atoms with Crippen LogP contribution in [0.1, 0.15) is 6.92 Å². The molecule has 250 valence electrons. The number of benzene rings is 2. The quantitative estimate of drug-likeness (QED) is 0.0734. The smallest absolute Gasteiger partial charge is 0.303 e. The highest BCUT2D eigenvalue weighted by atomic mass is 16.8. The molecule has 3 aromatic rings. The van der Waals surface area contributed by atoms with E-state index in [2.05, 4.69) is 0 Å². The average Bonchev–Trinajstić information content (AvgIpc) is 3.02. The van der Waals surface area contributed by atoms with Crippen LogP contribution in [0.4, 0.5) is 0 Å². The van der Waals surface area contributed by atoms with E-state index in [1.165, 1.54) is 24.3 Å². The summed E-state index contributed by atoms with van der Waals surface area (Å²) in [4.78, 5) is 24.4. The van der Waals surface area contributed by atoms with E-state index in [9.17, 15) is 55.5 Å². The molecule has 5 rings (SSSR count). The van der Waals surface area contributed by atoms with E-state index < -0.39 is 109 Å². The predicted octanol–water partition coefficient (Wildman–Crippen LogP) is -1.85. The Morgan fingerprint density at radius 2 is 1.39 bits per heavy atom. The van der Waals surface area contributed by atoms with E-state index in [0.717, 1.165) is 19.1 Å². The summed E-state index contributed by atoms with van der Waals surface area (Å²) in [7, 11) is 0. The van der Waals surface area contributed by atoms with Gasteiger partial charge in [-0.15, -0.1) is 0 Å². The number of fused-ring (bicyclic) bond motifs is 1. The third-order valence-electron chi connectivity index (χ3n) is 7.57.